The third-order valence-corrected chi connectivity index (χ3v) is 5.53. The molecule has 31 heavy (non-hydrogen) atoms. The van der Waals surface area contributed by atoms with Crippen molar-refractivity contribution in [1.82, 2.24) is 15.5 Å². The first kappa shape index (κ1) is 22.5. The van der Waals surface area contributed by atoms with Crippen LogP contribution in [-0.2, 0) is 17.8 Å². The van der Waals surface area contributed by atoms with E-state index in [0.717, 1.165) is 36.6 Å². The molecule has 7 heteroatoms. The van der Waals surface area contributed by atoms with Crippen LogP contribution in [0.4, 0.5) is 0 Å². The van der Waals surface area contributed by atoms with Crippen molar-refractivity contribution in [2.24, 2.45) is 10.9 Å². The summed E-state index contributed by atoms with van der Waals surface area (Å²) in [5, 5.41) is 6.66. The normalized spacial score (nSPS) is 16.4. The number of carbonyl (C=O) groups excluding carboxylic acids is 1. The number of hydrogen-bond acceptors (Lipinski definition) is 4. The number of carbonyl (C=O) groups is 1. The number of amides is 1. The second-order valence-corrected chi connectivity index (χ2v) is 7.63. The number of methoxy groups -OCH3 is 2. The maximum atomic E-state index is 12.4. The summed E-state index contributed by atoms with van der Waals surface area (Å²) in [5.41, 5.74) is 2.27. The molecule has 166 valence electrons. The number of nitrogens with one attached hydrogen (secondary N) is 2. The molecule has 1 atom stereocenters. The Kier molecular flexibility index (Phi) is 8.15. The van der Waals surface area contributed by atoms with Gasteiger partial charge < -0.3 is 25.0 Å². The van der Waals surface area contributed by atoms with Gasteiger partial charge in [0.1, 0.15) is 11.5 Å². The van der Waals surface area contributed by atoms with E-state index in [2.05, 4.69) is 27.8 Å². The van der Waals surface area contributed by atoms with E-state index in [4.69, 9.17) is 9.47 Å². The van der Waals surface area contributed by atoms with Crippen molar-refractivity contribution in [3.05, 3.63) is 59.7 Å². The van der Waals surface area contributed by atoms with E-state index in [1.807, 2.05) is 41.3 Å². The van der Waals surface area contributed by atoms with Gasteiger partial charge in [0.05, 0.1) is 14.2 Å². The number of ether oxygens (including phenoxy) is 2. The molecule has 3 rings (SSSR count). The lowest BCUT2D eigenvalue weighted by Crippen LogP contribution is -2.40. The van der Waals surface area contributed by atoms with Gasteiger partial charge in [0.15, 0.2) is 5.96 Å². The Hall–Kier alpha value is -3.22. The van der Waals surface area contributed by atoms with Crippen LogP contribution in [0, 0.1) is 5.92 Å². The van der Waals surface area contributed by atoms with Crippen molar-refractivity contribution in [3.63, 3.8) is 0 Å². The maximum absolute atomic E-state index is 12.4. The summed E-state index contributed by atoms with van der Waals surface area (Å²) in [5.74, 6) is 2.72. The van der Waals surface area contributed by atoms with Crippen LogP contribution in [0.5, 0.6) is 11.5 Å². The zero-order valence-corrected chi connectivity index (χ0v) is 18.6. The van der Waals surface area contributed by atoms with Crippen LogP contribution in [0.25, 0.3) is 0 Å². The fourth-order valence-electron chi connectivity index (χ4n) is 3.75. The lowest BCUT2D eigenvalue weighted by Gasteiger charge is -2.18. The molecule has 1 heterocycles. The Labute approximate surface area is 184 Å². The highest BCUT2D eigenvalue weighted by molar-refractivity contribution is 5.81. The monoisotopic (exact) mass is 424 g/mol. The third kappa shape index (κ3) is 6.38. The SMILES string of the molecule is CN=C(NCc1ccc(OC)cc1OC)NCC1CC(=O)N(CCc2ccccc2)C1. The van der Waals surface area contributed by atoms with E-state index in [1.54, 1.807) is 21.3 Å². The zero-order valence-electron chi connectivity index (χ0n) is 18.6. The number of nitrogens with zero attached hydrogens (tertiary/aromatic N) is 2. The van der Waals surface area contributed by atoms with Crippen LogP contribution in [0.3, 0.4) is 0 Å². The molecule has 0 spiro atoms. The molecule has 7 nitrogen and oxygen atoms in total. The van der Waals surface area contributed by atoms with Gasteiger partial charge in [-0.3, -0.25) is 9.79 Å². The van der Waals surface area contributed by atoms with Crippen molar-refractivity contribution in [1.29, 1.82) is 0 Å². The van der Waals surface area contributed by atoms with E-state index in [-0.39, 0.29) is 11.8 Å². The molecule has 2 aromatic rings. The predicted octanol–water partition coefficient (Wildman–Crippen LogP) is 2.46. The van der Waals surface area contributed by atoms with Gasteiger partial charge in [-0.1, -0.05) is 30.3 Å². The van der Waals surface area contributed by atoms with E-state index in [0.29, 0.717) is 25.5 Å². The summed E-state index contributed by atoms with van der Waals surface area (Å²) >= 11 is 0. The quantitative estimate of drug-likeness (QED) is 0.478. The summed E-state index contributed by atoms with van der Waals surface area (Å²) < 4.78 is 10.7. The molecule has 0 saturated carbocycles. The Morgan fingerprint density at radius 1 is 1.13 bits per heavy atom. The maximum Gasteiger partial charge on any atom is 0.223 e. The van der Waals surface area contributed by atoms with Gasteiger partial charge in [-0.15, -0.1) is 0 Å². The highest BCUT2D eigenvalue weighted by Crippen LogP contribution is 2.24. The van der Waals surface area contributed by atoms with E-state index >= 15 is 0 Å². The molecule has 1 aliphatic heterocycles. The molecule has 0 bridgehead atoms. The fourth-order valence-corrected chi connectivity index (χ4v) is 3.75. The topological polar surface area (TPSA) is 75.2 Å². The number of guanidine groups is 1. The zero-order chi connectivity index (χ0) is 22.1. The predicted molar refractivity (Wildman–Crippen MR) is 123 cm³/mol. The van der Waals surface area contributed by atoms with Crippen molar-refractivity contribution >= 4 is 11.9 Å². The largest absolute Gasteiger partial charge is 0.497 e. The Morgan fingerprint density at radius 3 is 2.65 bits per heavy atom. The Balaban J connectivity index is 1.45. The first-order valence-corrected chi connectivity index (χ1v) is 10.6. The Morgan fingerprint density at radius 2 is 1.94 bits per heavy atom. The highest BCUT2D eigenvalue weighted by Gasteiger charge is 2.29. The van der Waals surface area contributed by atoms with Crippen molar-refractivity contribution < 1.29 is 14.3 Å². The Bertz CT molecular complexity index is 886. The first-order valence-electron chi connectivity index (χ1n) is 10.6. The molecular formula is C24H32N4O3. The van der Waals surface area contributed by atoms with Crippen LogP contribution in [0.1, 0.15) is 17.5 Å². The highest BCUT2D eigenvalue weighted by atomic mass is 16.5. The minimum absolute atomic E-state index is 0.230. The minimum Gasteiger partial charge on any atom is -0.497 e. The standard InChI is InChI=1S/C24H32N4O3/c1-25-24(27-16-20-9-10-21(30-2)14-22(20)31-3)26-15-19-13-23(29)28(17-19)12-11-18-7-5-4-6-8-18/h4-10,14,19H,11-13,15-17H2,1-3H3,(H2,25,26,27). The van der Waals surface area contributed by atoms with Crippen LogP contribution in [0.2, 0.25) is 0 Å². The second kappa shape index (κ2) is 11.2. The molecule has 2 N–H and O–H groups in total. The van der Waals surface area contributed by atoms with Gasteiger partial charge in [0, 0.05) is 57.2 Å². The summed E-state index contributed by atoms with van der Waals surface area (Å²) in [6, 6.07) is 16.0. The van der Waals surface area contributed by atoms with Crippen LogP contribution in [0.15, 0.2) is 53.5 Å². The molecular weight excluding hydrogens is 392 g/mol. The van der Waals surface area contributed by atoms with Gasteiger partial charge in [0.2, 0.25) is 5.91 Å². The van der Waals surface area contributed by atoms with Crippen molar-refractivity contribution in [2.45, 2.75) is 19.4 Å². The molecule has 0 radical (unpaired) electrons. The summed E-state index contributed by atoms with van der Waals surface area (Å²) in [6.07, 6.45) is 1.46. The smallest absolute Gasteiger partial charge is 0.223 e. The average molecular weight is 425 g/mol. The van der Waals surface area contributed by atoms with Gasteiger partial charge in [0.25, 0.3) is 0 Å². The second-order valence-electron chi connectivity index (χ2n) is 7.63. The van der Waals surface area contributed by atoms with Crippen molar-refractivity contribution in [2.75, 3.05) is 40.9 Å². The van der Waals surface area contributed by atoms with E-state index in [9.17, 15) is 4.79 Å². The molecule has 0 aromatic heterocycles. The lowest BCUT2D eigenvalue weighted by molar-refractivity contribution is -0.127. The third-order valence-electron chi connectivity index (χ3n) is 5.53. The summed E-state index contributed by atoms with van der Waals surface area (Å²) in [4.78, 5) is 18.6. The fraction of sp³-hybridized carbons (Fsp3) is 0.417. The van der Waals surface area contributed by atoms with Gasteiger partial charge in [-0.2, -0.15) is 0 Å². The van der Waals surface area contributed by atoms with E-state index < -0.39 is 0 Å². The number of aliphatic imine (C=N–C) groups is 1. The molecule has 1 saturated heterocycles. The van der Waals surface area contributed by atoms with Gasteiger partial charge >= 0.3 is 0 Å². The van der Waals surface area contributed by atoms with Crippen LogP contribution >= 0.6 is 0 Å². The molecule has 1 amide bonds. The number of hydrogen-bond donors (Lipinski definition) is 2. The minimum atomic E-state index is 0.230. The van der Waals surface area contributed by atoms with Gasteiger partial charge in [-0.25, -0.2) is 0 Å². The number of likely N-dealkylation sites (tertiary alicyclic amines) is 1. The molecule has 2 aromatic carbocycles. The number of rotatable bonds is 9. The summed E-state index contributed by atoms with van der Waals surface area (Å²) in [7, 11) is 5.02. The molecule has 1 aliphatic rings. The average Bonchev–Trinajstić information content (AvgIpc) is 3.17. The van der Waals surface area contributed by atoms with Gasteiger partial charge in [-0.05, 0) is 24.1 Å². The molecule has 1 unspecified atom stereocenters. The van der Waals surface area contributed by atoms with Crippen molar-refractivity contribution in [3.8, 4) is 11.5 Å². The summed E-state index contributed by atoms with van der Waals surface area (Å²) in [6.45, 7) is 2.82. The molecule has 0 aliphatic carbocycles. The lowest BCUT2D eigenvalue weighted by atomic mass is 10.1. The number of benzene rings is 2. The first-order chi connectivity index (χ1) is 15.1. The van der Waals surface area contributed by atoms with Crippen LogP contribution < -0.4 is 20.1 Å². The van der Waals surface area contributed by atoms with E-state index in [1.165, 1.54) is 5.56 Å². The van der Waals surface area contributed by atoms with Crippen LogP contribution in [-0.4, -0.2) is 57.7 Å². The molecule has 1 fully saturated rings.